The van der Waals surface area contributed by atoms with Crippen LogP contribution in [0.5, 0.6) is 0 Å². The van der Waals surface area contributed by atoms with Gasteiger partial charge in [0.2, 0.25) is 0 Å². The second-order valence-corrected chi connectivity index (χ2v) is 4.38. The molecule has 0 bridgehead atoms. The summed E-state index contributed by atoms with van der Waals surface area (Å²) in [4.78, 5) is 19.1. The summed E-state index contributed by atoms with van der Waals surface area (Å²) >= 11 is 5.83. The van der Waals surface area contributed by atoms with Gasteiger partial charge < -0.3 is 4.98 Å². The number of para-hydroxylation sites is 1. The van der Waals surface area contributed by atoms with E-state index in [-0.39, 0.29) is 5.56 Å². The van der Waals surface area contributed by atoms with Gasteiger partial charge in [-0.3, -0.25) is 4.79 Å². The molecule has 0 unspecified atom stereocenters. The third-order valence-electron chi connectivity index (χ3n) is 2.73. The Kier molecular flexibility index (Phi) is 7.33. The van der Waals surface area contributed by atoms with E-state index in [0.717, 1.165) is 5.56 Å². The Morgan fingerprint density at radius 3 is 2.14 bits per heavy atom. The van der Waals surface area contributed by atoms with E-state index in [1.807, 2.05) is 58.0 Å². The van der Waals surface area contributed by atoms with Gasteiger partial charge in [0, 0.05) is 10.6 Å². The van der Waals surface area contributed by atoms with E-state index in [9.17, 15) is 4.79 Å². The van der Waals surface area contributed by atoms with Gasteiger partial charge in [-0.1, -0.05) is 51.4 Å². The fourth-order valence-electron chi connectivity index (χ4n) is 1.83. The highest BCUT2D eigenvalue weighted by Gasteiger charge is 2.04. The van der Waals surface area contributed by atoms with E-state index >= 15 is 0 Å². The second kappa shape index (κ2) is 9.00. The average molecular weight is 317 g/mol. The van der Waals surface area contributed by atoms with Crippen LogP contribution in [0.3, 0.4) is 0 Å². The molecule has 3 nitrogen and oxygen atoms in total. The molecule has 1 aromatic heterocycles. The number of aromatic nitrogens is 2. The molecule has 0 aliphatic rings. The fraction of sp³-hybridized carbons (Fsp3) is 0.222. The van der Waals surface area contributed by atoms with Gasteiger partial charge in [-0.2, -0.15) is 0 Å². The molecule has 0 aliphatic carbocycles. The van der Waals surface area contributed by atoms with Gasteiger partial charge in [-0.05, 0) is 36.4 Å². The van der Waals surface area contributed by atoms with Gasteiger partial charge in [-0.15, -0.1) is 0 Å². The molecule has 0 saturated carbocycles. The van der Waals surface area contributed by atoms with Gasteiger partial charge >= 0.3 is 0 Å². The maximum Gasteiger partial charge on any atom is 0.259 e. The van der Waals surface area contributed by atoms with Gasteiger partial charge in [0.25, 0.3) is 5.56 Å². The highest BCUT2D eigenvalue weighted by Crippen LogP contribution is 2.18. The van der Waals surface area contributed by atoms with E-state index in [0.29, 0.717) is 21.7 Å². The molecule has 2 aromatic carbocycles. The lowest BCUT2D eigenvalue weighted by atomic mass is 10.2. The monoisotopic (exact) mass is 316 g/mol. The summed E-state index contributed by atoms with van der Waals surface area (Å²) in [5.41, 5.74) is 1.39. The third kappa shape index (κ3) is 4.18. The molecule has 22 heavy (non-hydrogen) atoms. The molecule has 3 rings (SSSR count). The first kappa shape index (κ1) is 17.9. The summed E-state index contributed by atoms with van der Waals surface area (Å²) in [6, 6.07) is 14.5. The van der Waals surface area contributed by atoms with Crippen LogP contribution >= 0.6 is 11.6 Å². The standard InChI is InChI=1S/C14H9ClN2O.2C2H6/c15-10-7-5-9(6-8-10)13-16-12-4-2-1-3-11(12)14(18)17-13;2*1-2/h1-8H,(H,16,17,18);2*1-2H3. The molecule has 0 fully saturated rings. The Morgan fingerprint density at radius 2 is 1.50 bits per heavy atom. The maximum absolute atomic E-state index is 11.9. The second-order valence-electron chi connectivity index (χ2n) is 3.94. The van der Waals surface area contributed by atoms with Crippen LogP contribution in [0.1, 0.15) is 27.7 Å². The Labute approximate surface area is 136 Å². The minimum Gasteiger partial charge on any atom is -0.306 e. The predicted octanol–water partition coefficient (Wildman–Crippen LogP) is 5.30. The fourth-order valence-corrected chi connectivity index (χ4v) is 1.96. The van der Waals surface area contributed by atoms with Crippen molar-refractivity contribution in [3.05, 3.63) is 63.9 Å². The first-order valence-electron chi connectivity index (χ1n) is 7.49. The Bertz CT molecular complexity index is 764. The molecule has 0 radical (unpaired) electrons. The number of hydrogen-bond acceptors (Lipinski definition) is 2. The van der Waals surface area contributed by atoms with E-state index in [1.54, 1.807) is 18.2 Å². The van der Waals surface area contributed by atoms with E-state index < -0.39 is 0 Å². The van der Waals surface area contributed by atoms with Crippen molar-refractivity contribution >= 4 is 22.5 Å². The zero-order chi connectivity index (χ0) is 16.5. The summed E-state index contributed by atoms with van der Waals surface area (Å²) in [5.74, 6) is 0.551. The lowest BCUT2D eigenvalue weighted by Crippen LogP contribution is -2.09. The van der Waals surface area contributed by atoms with Crippen molar-refractivity contribution in [2.24, 2.45) is 0 Å². The predicted molar refractivity (Wildman–Crippen MR) is 95.5 cm³/mol. The van der Waals surface area contributed by atoms with Gasteiger partial charge in [0.15, 0.2) is 0 Å². The van der Waals surface area contributed by atoms with Crippen LogP contribution in [0.25, 0.3) is 22.3 Å². The summed E-state index contributed by atoms with van der Waals surface area (Å²) < 4.78 is 0. The van der Waals surface area contributed by atoms with Crippen LogP contribution in [0.2, 0.25) is 5.02 Å². The summed E-state index contributed by atoms with van der Waals surface area (Å²) in [6.07, 6.45) is 0. The third-order valence-corrected chi connectivity index (χ3v) is 2.98. The topological polar surface area (TPSA) is 45.8 Å². The summed E-state index contributed by atoms with van der Waals surface area (Å²) in [6.45, 7) is 8.00. The molecule has 0 spiro atoms. The maximum atomic E-state index is 11.9. The number of fused-ring (bicyclic) bond motifs is 1. The van der Waals surface area contributed by atoms with Crippen molar-refractivity contribution in [3.8, 4) is 11.4 Å². The largest absolute Gasteiger partial charge is 0.306 e. The van der Waals surface area contributed by atoms with E-state index in [2.05, 4.69) is 9.97 Å². The molecule has 116 valence electrons. The minimum absolute atomic E-state index is 0.134. The van der Waals surface area contributed by atoms with Crippen molar-refractivity contribution in [2.75, 3.05) is 0 Å². The number of nitrogens with zero attached hydrogens (tertiary/aromatic N) is 1. The van der Waals surface area contributed by atoms with Gasteiger partial charge in [-0.25, -0.2) is 4.98 Å². The quantitative estimate of drug-likeness (QED) is 0.662. The molecule has 0 aliphatic heterocycles. The number of halogens is 1. The number of benzene rings is 2. The smallest absolute Gasteiger partial charge is 0.259 e. The van der Waals surface area contributed by atoms with Crippen molar-refractivity contribution in [1.82, 2.24) is 9.97 Å². The summed E-state index contributed by atoms with van der Waals surface area (Å²) in [5, 5.41) is 1.25. The molecule has 0 amide bonds. The summed E-state index contributed by atoms with van der Waals surface area (Å²) in [7, 11) is 0. The number of nitrogens with one attached hydrogen (secondary N) is 1. The van der Waals surface area contributed by atoms with Crippen molar-refractivity contribution in [3.63, 3.8) is 0 Å². The van der Waals surface area contributed by atoms with Gasteiger partial charge in [0.05, 0.1) is 10.9 Å². The lowest BCUT2D eigenvalue weighted by Gasteiger charge is -2.03. The van der Waals surface area contributed by atoms with Crippen LogP contribution in [0, 0.1) is 0 Å². The van der Waals surface area contributed by atoms with Crippen molar-refractivity contribution in [2.45, 2.75) is 27.7 Å². The zero-order valence-corrected chi connectivity index (χ0v) is 14.1. The Balaban J connectivity index is 0.000000561. The normalized spacial score (nSPS) is 9.32. The van der Waals surface area contributed by atoms with Crippen LogP contribution in [0.15, 0.2) is 53.3 Å². The van der Waals surface area contributed by atoms with Crippen LogP contribution in [-0.4, -0.2) is 9.97 Å². The molecule has 0 saturated heterocycles. The highest BCUT2D eigenvalue weighted by atomic mass is 35.5. The van der Waals surface area contributed by atoms with E-state index in [4.69, 9.17) is 11.6 Å². The first-order chi connectivity index (χ1) is 10.7. The zero-order valence-electron chi connectivity index (χ0n) is 13.4. The number of rotatable bonds is 1. The molecule has 3 aromatic rings. The Hall–Kier alpha value is -2.13. The van der Waals surface area contributed by atoms with Crippen molar-refractivity contribution in [1.29, 1.82) is 0 Å². The van der Waals surface area contributed by atoms with Crippen LogP contribution < -0.4 is 5.56 Å². The Morgan fingerprint density at radius 1 is 0.909 bits per heavy atom. The van der Waals surface area contributed by atoms with E-state index in [1.165, 1.54) is 0 Å². The molecule has 4 heteroatoms. The molecular weight excluding hydrogens is 296 g/mol. The number of hydrogen-bond donors (Lipinski definition) is 1. The molecule has 1 heterocycles. The molecular formula is C18H21ClN2O. The first-order valence-corrected chi connectivity index (χ1v) is 7.87. The number of aromatic amines is 1. The average Bonchev–Trinajstić information content (AvgIpc) is 2.59. The lowest BCUT2D eigenvalue weighted by molar-refractivity contribution is 1.18. The van der Waals surface area contributed by atoms with Crippen molar-refractivity contribution < 1.29 is 0 Å². The molecule has 0 atom stereocenters. The van der Waals surface area contributed by atoms with Crippen LogP contribution in [0.4, 0.5) is 0 Å². The minimum atomic E-state index is -0.134. The van der Waals surface area contributed by atoms with Crippen LogP contribution in [-0.2, 0) is 0 Å². The molecule has 1 N–H and O–H groups in total. The number of H-pyrrole nitrogens is 1. The highest BCUT2D eigenvalue weighted by molar-refractivity contribution is 6.30. The SMILES string of the molecule is CC.CC.O=c1[nH]c(-c2ccc(Cl)cc2)nc2ccccc12. The van der Waals surface area contributed by atoms with Gasteiger partial charge in [0.1, 0.15) is 5.82 Å².